The second-order valence-corrected chi connectivity index (χ2v) is 5.83. The molecule has 0 spiro atoms. The van der Waals surface area contributed by atoms with Crippen LogP contribution in [0.2, 0.25) is 0 Å². The Kier molecular flexibility index (Phi) is 4.14. The number of rotatable bonds is 4. The summed E-state index contributed by atoms with van der Waals surface area (Å²) in [5.41, 5.74) is 2.65. The molecule has 0 fully saturated rings. The molecule has 1 aromatic carbocycles. The maximum atomic E-state index is 12.9. The number of benzene rings is 1. The molecule has 2 aromatic heterocycles. The molecule has 1 aliphatic heterocycles. The summed E-state index contributed by atoms with van der Waals surface area (Å²) < 4.78 is 7.07. The smallest absolute Gasteiger partial charge is 0.338 e. The quantitative estimate of drug-likeness (QED) is 0.721. The van der Waals surface area contributed by atoms with Crippen molar-refractivity contribution in [3.05, 3.63) is 77.3 Å². The fraction of sp³-hybridized carbons (Fsp3) is 0.167. The Morgan fingerprint density at radius 3 is 2.77 bits per heavy atom. The number of anilines is 1. The summed E-state index contributed by atoms with van der Waals surface area (Å²) in [5, 5.41) is 14.7. The lowest BCUT2D eigenvalue weighted by Gasteiger charge is -2.26. The van der Waals surface area contributed by atoms with Gasteiger partial charge in [-0.3, -0.25) is 4.98 Å². The van der Waals surface area contributed by atoms with Crippen LogP contribution in [0.15, 0.2) is 66.0 Å². The van der Waals surface area contributed by atoms with Crippen LogP contribution >= 0.6 is 0 Å². The molecule has 1 N–H and O–H groups in total. The molecule has 1 atom stereocenters. The highest BCUT2D eigenvalue weighted by molar-refractivity contribution is 5.92. The lowest BCUT2D eigenvalue weighted by atomic mass is 10.00. The first-order valence-corrected chi connectivity index (χ1v) is 8.11. The predicted octanol–water partition coefficient (Wildman–Crippen LogP) is 2.10. The van der Waals surface area contributed by atoms with Crippen LogP contribution in [-0.2, 0) is 16.1 Å². The predicted molar refractivity (Wildman–Crippen MR) is 92.8 cm³/mol. The van der Waals surface area contributed by atoms with Crippen molar-refractivity contribution in [1.82, 2.24) is 25.2 Å². The second kappa shape index (κ2) is 6.75. The molecule has 0 saturated heterocycles. The number of allylic oxidation sites excluding steroid dienone is 1. The first kappa shape index (κ1) is 15.9. The Morgan fingerprint density at radius 1 is 1.19 bits per heavy atom. The van der Waals surface area contributed by atoms with Crippen molar-refractivity contribution in [3.8, 4) is 0 Å². The van der Waals surface area contributed by atoms with Gasteiger partial charge in [0.15, 0.2) is 0 Å². The lowest BCUT2D eigenvalue weighted by Crippen LogP contribution is -2.30. The number of carbonyl (C=O) groups is 1. The Balaban J connectivity index is 1.67. The van der Waals surface area contributed by atoms with Gasteiger partial charge in [0.25, 0.3) is 0 Å². The van der Waals surface area contributed by atoms with Gasteiger partial charge < -0.3 is 10.1 Å². The SMILES string of the molecule is CC1=C(C(=O)OCc2ccccc2)[C@@H](c2ccccn2)n2nnnc2N1. The molecule has 0 radical (unpaired) electrons. The summed E-state index contributed by atoms with van der Waals surface area (Å²) in [4.78, 5) is 17.2. The first-order chi connectivity index (χ1) is 12.7. The lowest BCUT2D eigenvalue weighted by molar-refractivity contribution is -0.140. The summed E-state index contributed by atoms with van der Waals surface area (Å²) in [6, 6.07) is 14.5. The molecule has 0 unspecified atom stereocenters. The Bertz CT molecular complexity index is 952. The van der Waals surface area contributed by atoms with Crippen LogP contribution < -0.4 is 5.32 Å². The molecule has 4 rings (SSSR count). The van der Waals surface area contributed by atoms with E-state index in [1.54, 1.807) is 13.1 Å². The molecule has 1 aliphatic rings. The van der Waals surface area contributed by atoms with Gasteiger partial charge in [-0.2, -0.15) is 4.68 Å². The van der Waals surface area contributed by atoms with Crippen molar-refractivity contribution < 1.29 is 9.53 Å². The number of carbonyl (C=O) groups excluding carboxylic acids is 1. The van der Waals surface area contributed by atoms with Crippen molar-refractivity contribution in [2.75, 3.05) is 5.32 Å². The third kappa shape index (κ3) is 2.92. The maximum absolute atomic E-state index is 12.9. The van der Waals surface area contributed by atoms with E-state index in [0.29, 0.717) is 22.9 Å². The van der Waals surface area contributed by atoms with E-state index in [4.69, 9.17) is 4.74 Å². The standard InChI is InChI=1S/C18H16N6O2/c1-12-15(17(25)26-11-13-7-3-2-4-8-13)16(14-9-5-6-10-19-14)24-18(20-12)21-22-23-24/h2-10,16H,11H2,1H3,(H,20,21,23)/t16-/m1/s1. The highest BCUT2D eigenvalue weighted by atomic mass is 16.5. The minimum absolute atomic E-state index is 0.188. The van der Waals surface area contributed by atoms with Gasteiger partial charge in [0.05, 0.1) is 11.3 Å². The van der Waals surface area contributed by atoms with Gasteiger partial charge in [-0.05, 0) is 35.0 Å². The van der Waals surface area contributed by atoms with E-state index >= 15 is 0 Å². The number of hydrogen-bond acceptors (Lipinski definition) is 7. The first-order valence-electron chi connectivity index (χ1n) is 8.11. The summed E-state index contributed by atoms with van der Waals surface area (Å²) in [6.45, 7) is 1.99. The van der Waals surface area contributed by atoms with Crippen LogP contribution in [-0.4, -0.2) is 31.2 Å². The number of pyridine rings is 1. The summed E-state index contributed by atoms with van der Waals surface area (Å²) in [6.07, 6.45) is 1.67. The summed E-state index contributed by atoms with van der Waals surface area (Å²) >= 11 is 0. The number of esters is 1. The van der Waals surface area contributed by atoms with E-state index in [9.17, 15) is 4.79 Å². The van der Waals surface area contributed by atoms with Gasteiger partial charge in [-0.25, -0.2) is 4.79 Å². The van der Waals surface area contributed by atoms with E-state index in [2.05, 4.69) is 25.8 Å². The third-order valence-corrected chi connectivity index (χ3v) is 4.11. The number of tetrazole rings is 1. The number of fused-ring (bicyclic) bond motifs is 1. The molecule has 3 heterocycles. The van der Waals surface area contributed by atoms with Crippen molar-refractivity contribution in [1.29, 1.82) is 0 Å². The number of nitrogens with zero attached hydrogens (tertiary/aromatic N) is 5. The average molecular weight is 348 g/mol. The fourth-order valence-electron chi connectivity index (χ4n) is 2.89. The second-order valence-electron chi connectivity index (χ2n) is 5.83. The third-order valence-electron chi connectivity index (χ3n) is 4.11. The molecule has 8 heteroatoms. The molecule has 0 amide bonds. The molecule has 0 saturated carbocycles. The molecule has 0 bridgehead atoms. The Hall–Kier alpha value is -3.55. The molecule has 3 aromatic rings. The zero-order valence-electron chi connectivity index (χ0n) is 14.0. The van der Waals surface area contributed by atoms with Crippen LogP contribution in [0.1, 0.15) is 24.2 Å². The number of hydrogen-bond donors (Lipinski definition) is 1. The van der Waals surface area contributed by atoms with Crippen molar-refractivity contribution in [2.24, 2.45) is 0 Å². The number of nitrogens with one attached hydrogen (secondary N) is 1. The van der Waals surface area contributed by atoms with Gasteiger partial charge in [0.2, 0.25) is 5.95 Å². The van der Waals surface area contributed by atoms with Gasteiger partial charge in [-0.15, -0.1) is 0 Å². The molecular weight excluding hydrogens is 332 g/mol. The molecular formula is C18H16N6O2. The normalized spacial score (nSPS) is 16.0. The van der Waals surface area contributed by atoms with Crippen LogP contribution in [0.3, 0.4) is 0 Å². The average Bonchev–Trinajstić information content (AvgIpc) is 3.14. The van der Waals surface area contributed by atoms with Gasteiger partial charge >= 0.3 is 5.97 Å². The van der Waals surface area contributed by atoms with E-state index in [-0.39, 0.29) is 6.61 Å². The maximum Gasteiger partial charge on any atom is 0.338 e. The largest absolute Gasteiger partial charge is 0.457 e. The van der Waals surface area contributed by atoms with Crippen LogP contribution in [0, 0.1) is 0 Å². The minimum atomic E-state index is -0.550. The van der Waals surface area contributed by atoms with E-state index in [1.165, 1.54) is 4.68 Å². The van der Waals surface area contributed by atoms with E-state index in [1.807, 2.05) is 48.5 Å². The van der Waals surface area contributed by atoms with Crippen molar-refractivity contribution >= 4 is 11.9 Å². The van der Waals surface area contributed by atoms with Gasteiger partial charge in [0, 0.05) is 11.9 Å². The molecule has 130 valence electrons. The monoisotopic (exact) mass is 348 g/mol. The molecule has 8 nitrogen and oxygen atoms in total. The summed E-state index contributed by atoms with van der Waals surface area (Å²) in [5.74, 6) is 0.0217. The fourth-order valence-corrected chi connectivity index (χ4v) is 2.89. The minimum Gasteiger partial charge on any atom is -0.457 e. The van der Waals surface area contributed by atoms with Gasteiger partial charge in [-0.1, -0.05) is 41.5 Å². The van der Waals surface area contributed by atoms with Crippen LogP contribution in [0.5, 0.6) is 0 Å². The number of ether oxygens (including phenoxy) is 1. The highest BCUT2D eigenvalue weighted by Crippen LogP contribution is 2.33. The molecule has 0 aliphatic carbocycles. The highest BCUT2D eigenvalue weighted by Gasteiger charge is 2.35. The van der Waals surface area contributed by atoms with Crippen LogP contribution in [0.25, 0.3) is 0 Å². The van der Waals surface area contributed by atoms with E-state index in [0.717, 1.165) is 5.56 Å². The van der Waals surface area contributed by atoms with E-state index < -0.39 is 12.0 Å². The summed E-state index contributed by atoms with van der Waals surface area (Å²) in [7, 11) is 0. The van der Waals surface area contributed by atoms with Crippen molar-refractivity contribution in [2.45, 2.75) is 19.6 Å². The molecule has 26 heavy (non-hydrogen) atoms. The zero-order chi connectivity index (χ0) is 17.9. The number of aromatic nitrogens is 5. The topological polar surface area (TPSA) is 94.8 Å². The van der Waals surface area contributed by atoms with Crippen LogP contribution in [0.4, 0.5) is 5.95 Å². The Labute approximate surface area is 149 Å². The van der Waals surface area contributed by atoms with Gasteiger partial charge in [0.1, 0.15) is 12.6 Å². The zero-order valence-corrected chi connectivity index (χ0v) is 14.0. The van der Waals surface area contributed by atoms with Crippen molar-refractivity contribution in [3.63, 3.8) is 0 Å². The Morgan fingerprint density at radius 2 is 2.00 bits per heavy atom.